The van der Waals surface area contributed by atoms with Gasteiger partial charge in [-0.3, -0.25) is 0 Å². The molecule has 0 saturated heterocycles. The molecule has 0 N–H and O–H groups in total. The van der Waals surface area contributed by atoms with Gasteiger partial charge in [-0.15, -0.1) is 0 Å². The number of halogens is 6. The third kappa shape index (κ3) is 6.33. The van der Waals surface area contributed by atoms with Gasteiger partial charge in [-0.25, -0.2) is 22.0 Å². The predicted octanol–water partition coefficient (Wildman–Crippen LogP) is 10.0. The van der Waals surface area contributed by atoms with Crippen molar-refractivity contribution in [3.05, 3.63) is 124 Å². The Labute approximate surface area is 222 Å². The summed E-state index contributed by atoms with van der Waals surface area (Å²) in [6, 6.07) is 20.7. The van der Waals surface area contributed by atoms with Gasteiger partial charge in [-0.2, -0.15) is 4.39 Å². The van der Waals surface area contributed by atoms with Gasteiger partial charge in [0.05, 0.1) is 5.56 Å². The molecule has 38 heavy (non-hydrogen) atoms. The van der Waals surface area contributed by atoms with Gasteiger partial charge in [-0.05, 0) is 64.6 Å². The van der Waals surface area contributed by atoms with Gasteiger partial charge in [0, 0.05) is 11.1 Å². The highest BCUT2D eigenvalue weighted by Crippen LogP contribution is 2.31. The summed E-state index contributed by atoms with van der Waals surface area (Å²) < 4.78 is 83.2. The Morgan fingerprint density at radius 1 is 0.658 bits per heavy atom. The van der Waals surface area contributed by atoms with Gasteiger partial charge in [0.15, 0.2) is 11.0 Å². The Bertz CT molecular complexity index is 1420. The SMILES string of the molecule is CCSC(F)=C(F)c1ccc(-c2ccc(CCc3ccc(-c4cc(F)c(CF)c(F)c4)c(F)c3)cc2)cc1. The summed E-state index contributed by atoms with van der Waals surface area (Å²) in [6.45, 7) is 0.479. The van der Waals surface area contributed by atoms with E-state index >= 15 is 0 Å². The minimum absolute atomic E-state index is 0.00798. The van der Waals surface area contributed by atoms with Crippen LogP contribution in [-0.2, 0) is 19.5 Å². The van der Waals surface area contributed by atoms with Crippen LogP contribution in [0.25, 0.3) is 28.1 Å². The summed E-state index contributed by atoms with van der Waals surface area (Å²) in [6.07, 6.45) is 1.18. The lowest BCUT2D eigenvalue weighted by molar-refractivity contribution is 0.440. The van der Waals surface area contributed by atoms with Crippen molar-refractivity contribution < 1.29 is 26.3 Å². The number of rotatable bonds is 9. The van der Waals surface area contributed by atoms with Crippen LogP contribution in [0.1, 0.15) is 29.2 Å². The molecule has 4 aromatic carbocycles. The Balaban J connectivity index is 1.41. The van der Waals surface area contributed by atoms with Gasteiger partial charge in [0.1, 0.15) is 24.1 Å². The molecule has 0 radical (unpaired) electrons. The lowest BCUT2D eigenvalue weighted by Crippen LogP contribution is -1.97. The Hall–Kier alpha value is -3.45. The van der Waals surface area contributed by atoms with Crippen LogP contribution in [0, 0.1) is 17.5 Å². The molecule has 0 aliphatic carbocycles. The topological polar surface area (TPSA) is 0 Å². The quantitative estimate of drug-likeness (QED) is 0.190. The maximum atomic E-state index is 14.7. The van der Waals surface area contributed by atoms with Crippen LogP contribution in [0.2, 0.25) is 0 Å². The van der Waals surface area contributed by atoms with Crippen LogP contribution in [0.4, 0.5) is 26.3 Å². The van der Waals surface area contributed by atoms with Crippen molar-refractivity contribution in [2.75, 3.05) is 5.75 Å². The van der Waals surface area contributed by atoms with Gasteiger partial charge >= 0.3 is 0 Å². The molecule has 196 valence electrons. The van der Waals surface area contributed by atoms with E-state index in [1.165, 1.54) is 12.1 Å². The molecular formula is C31H24F6S. The van der Waals surface area contributed by atoms with E-state index in [1.807, 2.05) is 24.3 Å². The van der Waals surface area contributed by atoms with Gasteiger partial charge < -0.3 is 0 Å². The van der Waals surface area contributed by atoms with E-state index in [4.69, 9.17) is 0 Å². The van der Waals surface area contributed by atoms with Gasteiger partial charge in [0.2, 0.25) is 0 Å². The van der Waals surface area contributed by atoms with Crippen LogP contribution in [-0.4, -0.2) is 5.75 Å². The largest absolute Gasteiger partial charge is 0.246 e. The Morgan fingerprint density at radius 2 is 1.21 bits per heavy atom. The predicted molar refractivity (Wildman–Crippen MR) is 143 cm³/mol. The van der Waals surface area contributed by atoms with Crippen molar-refractivity contribution in [2.45, 2.75) is 26.4 Å². The van der Waals surface area contributed by atoms with Gasteiger partial charge in [0.25, 0.3) is 0 Å². The third-order valence-corrected chi connectivity index (χ3v) is 6.91. The highest BCUT2D eigenvalue weighted by molar-refractivity contribution is 8.03. The smallest absolute Gasteiger partial charge is 0.192 e. The van der Waals surface area contributed by atoms with Crippen LogP contribution in [0.15, 0.2) is 84.0 Å². The van der Waals surface area contributed by atoms with E-state index in [2.05, 4.69) is 0 Å². The van der Waals surface area contributed by atoms with E-state index in [1.54, 1.807) is 37.3 Å². The highest BCUT2D eigenvalue weighted by Gasteiger charge is 2.15. The van der Waals surface area contributed by atoms with Crippen molar-refractivity contribution in [1.29, 1.82) is 0 Å². The second-order valence-electron chi connectivity index (χ2n) is 8.66. The summed E-state index contributed by atoms with van der Waals surface area (Å²) in [7, 11) is 0. The highest BCUT2D eigenvalue weighted by atomic mass is 32.2. The molecule has 0 atom stereocenters. The Kier molecular flexibility index (Phi) is 9.00. The van der Waals surface area contributed by atoms with Crippen LogP contribution in [0.5, 0.6) is 0 Å². The van der Waals surface area contributed by atoms with Crippen molar-refractivity contribution in [1.82, 2.24) is 0 Å². The maximum absolute atomic E-state index is 14.7. The normalized spacial score (nSPS) is 12.0. The van der Waals surface area contributed by atoms with Crippen molar-refractivity contribution >= 4 is 17.6 Å². The maximum Gasteiger partial charge on any atom is 0.192 e. The molecule has 0 heterocycles. The number of benzene rings is 4. The molecule has 0 nitrogen and oxygen atoms in total. The van der Waals surface area contributed by atoms with Crippen LogP contribution >= 0.6 is 11.8 Å². The molecule has 0 aliphatic rings. The second kappa shape index (κ2) is 12.4. The first-order valence-electron chi connectivity index (χ1n) is 12.0. The zero-order valence-corrected chi connectivity index (χ0v) is 21.3. The number of hydrogen-bond donors (Lipinski definition) is 0. The molecular weight excluding hydrogens is 518 g/mol. The standard InChI is InChI=1S/C31H24F6S/c1-2-38-31(37)30(36)23-12-10-22(11-13-23)21-8-5-19(6-9-21)3-4-20-7-14-25(27(33)15-20)24-16-28(34)26(18-32)29(35)17-24/h5-17H,2-4,18H2,1H3. The minimum Gasteiger partial charge on any atom is -0.246 e. The lowest BCUT2D eigenvalue weighted by Gasteiger charge is -2.10. The fourth-order valence-electron chi connectivity index (χ4n) is 4.10. The summed E-state index contributed by atoms with van der Waals surface area (Å²) >= 11 is 0.820. The van der Waals surface area contributed by atoms with E-state index in [0.717, 1.165) is 46.1 Å². The first-order valence-corrected chi connectivity index (χ1v) is 13.0. The number of thioether (sulfide) groups is 1. The average molecular weight is 543 g/mol. The molecule has 4 rings (SSSR count). The molecule has 0 bridgehead atoms. The molecule has 4 aromatic rings. The zero-order chi connectivity index (χ0) is 27.2. The lowest BCUT2D eigenvalue weighted by atomic mass is 9.97. The fourth-order valence-corrected chi connectivity index (χ4v) is 4.60. The van der Waals surface area contributed by atoms with Crippen LogP contribution in [0.3, 0.4) is 0 Å². The molecule has 0 aliphatic heterocycles. The zero-order valence-electron chi connectivity index (χ0n) is 20.5. The van der Waals surface area contributed by atoms with E-state index in [-0.39, 0.29) is 16.7 Å². The first-order chi connectivity index (χ1) is 18.3. The molecule has 7 heteroatoms. The fraction of sp³-hybridized carbons (Fsp3) is 0.161. The van der Waals surface area contributed by atoms with Gasteiger partial charge in [-0.1, -0.05) is 79.3 Å². The molecule has 0 saturated carbocycles. The molecule has 0 unspecified atom stereocenters. The summed E-state index contributed by atoms with van der Waals surface area (Å²) in [4.78, 5) is 0. The van der Waals surface area contributed by atoms with E-state index < -0.39 is 40.7 Å². The molecule has 0 aromatic heterocycles. The third-order valence-electron chi connectivity index (χ3n) is 6.19. The Morgan fingerprint density at radius 3 is 1.76 bits per heavy atom. The monoisotopic (exact) mass is 542 g/mol. The minimum atomic E-state index is -1.27. The number of hydrogen-bond acceptors (Lipinski definition) is 1. The summed E-state index contributed by atoms with van der Waals surface area (Å²) in [5.41, 5.74) is 3.09. The summed E-state index contributed by atoms with van der Waals surface area (Å²) in [5, 5.41) is -0.825. The van der Waals surface area contributed by atoms with E-state index in [0.29, 0.717) is 18.6 Å². The number of alkyl halides is 1. The van der Waals surface area contributed by atoms with Crippen molar-refractivity contribution in [3.8, 4) is 22.3 Å². The first kappa shape index (κ1) is 27.6. The molecule has 0 amide bonds. The molecule has 0 spiro atoms. The number of aryl methyl sites for hydroxylation is 2. The van der Waals surface area contributed by atoms with Crippen molar-refractivity contribution in [3.63, 3.8) is 0 Å². The second-order valence-corrected chi connectivity index (χ2v) is 9.89. The summed E-state index contributed by atoms with van der Waals surface area (Å²) in [5.74, 6) is -3.13. The molecule has 0 fully saturated rings. The van der Waals surface area contributed by atoms with E-state index in [9.17, 15) is 26.3 Å². The average Bonchev–Trinajstić information content (AvgIpc) is 2.92. The van der Waals surface area contributed by atoms with Crippen molar-refractivity contribution in [2.24, 2.45) is 0 Å². The van der Waals surface area contributed by atoms with Crippen LogP contribution < -0.4 is 0 Å².